The largest absolute Gasteiger partial charge is 0.321 e. The molecule has 0 radical (unpaired) electrons. The highest BCUT2D eigenvalue weighted by molar-refractivity contribution is 6.36. The van der Waals surface area contributed by atoms with E-state index in [9.17, 15) is 9.18 Å². The minimum absolute atomic E-state index is 0.331. The van der Waals surface area contributed by atoms with E-state index < -0.39 is 0 Å². The zero-order valence-corrected chi connectivity index (χ0v) is 14.9. The van der Waals surface area contributed by atoms with E-state index in [1.807, 2.05) is 0 Å². The number of halogens is 3. The van der Waals surface area contributed by atoms with Crippen LogP contribution in [-0.4, -0.2) is 10.9 Å². The van der Waals surface area contributed by atoms with E-state index in [1.165, 1.54) is 12.1 Å². The summed E-state index contributed by atoms with van der Waals surface area (Å²) in [6.45, 7) is 0. The normalized spacial score (nSPS) is 10.9. The Kier molecular flexibility index (Phi) is 5.66. The quantitative estimate of drug-likeness (QED) is 0.571. The molecule has 6 heteroatoms. The van der Waals surface area contributed by atoms with Crippen molar-refractivity contribution < 1.29 is 9.18 Å². The standard InChI is InChI=1S/C20H13Cl2FN2O/c21-14-7-9-19(16(22)11-14)25-20(26)10-6-13-5-8-18(24-12-13)15-3-1-2-4-17(15)23/h1-12H,(H,25,26)/b10-6+. The van der Waals surface area contributed by atoms with Gasteiger partial charge in [-0.25, -0.2) is 4.39 Å². The number of amides is 1. The Morgan fingerprint density at radius 2 is 1.88 bits per heavy atom. The Morgan fingerprint density at radius 3 is 2.58 bits per heavy atom. The van der Waals surface area contributed by atoms with Crippen LogP contribution in [0.2, 0.25) is 10.0 Å². The summed E-state index contributed by atoms with van der Waals surface area (Å²) in [5.41, 5.74) is 2.14. The van der Waals surface area contributed by atoms with Crippen molar-refractivity contribution in [3.8, 4) is 11.3 Å². The molecular weight excluding hydrogens is 374 g/mol. The highest BCUT2D eigenvalue weighted by Gasteiger charge is 2.06. The van der Waals surface area contributed by atoms with Gasteiger partial charge in [0.05, 0.1) is 16.4 Å². The number of nitrogens with one attached hydrogen (secondary N) is 1. The third-order valence-corrected chi connectivity index (χ3v) is 4.10. The molecule has 1 amide bonds. The van der Waals surface area contributed by atoms with E-state index >= 15 is 0 Å². The van der Waals surface area contributed by atoms with Crippen LogP contribution in [0.15, 0.2) is 66.9 Å². The second-order valence-electron chi connectivity index (χ2n) is 5.40. The van der Waals surface area contributed by atoms with Gasteiger partial charge in [-0.3, -0.25) is 9.78 Å². The van der Waals surface area contributed by atoms with Crippen molar-refractivity contribution in [2.45, 2.75) is 0 Å². The first-order chi connectivity index (χ1) is 12.5. The van der Waals surface area contributed by atoms with Gasteiger partial charge in [0.15, 0.2) is 0 Å². The fourth-order valence-electron chi connectivity index (χ4n) is 2.27. The van der Waals surface area contributed by atoms with Crippen molar-refractivity contribution in [1.29, 1.82) is 0 Å². The first-order valence-corrected chi connectivity index (χ1v) is 8.43. The van der Waals surface area contributed by atoms with Crippen LogP contribution in [0.3, 0.4) is 0 Å². The zero-order valence-electron chi connectivity index (χ0n) is 13.4. The summed E-state index contributed by atoms with van der Waals surface area (Å²) in [5, 5.41) is 3.51. The number of anilines is 1. The van der Waals surface area contributed by atoms with Crippen LogP contribution in [-0.2, 0) is 4.79 Å². The molecule has 0 atom stereocenters. The summed E-state index contributed by atoms with van der Waals surface area (Å²) in [6, 6.07) is 14.7. The van der Waals surface area contributed by atoms with Crippen molar-refractivity contribution >= 4 is 40.9 Å². The SMILES string of the molecule is O=C(/C=C/c1ccc(-c2ccccc2F)nc1)Nc1ccc(Cl)cc1Cl. The molecule has 3 nitrogen and oxygen atoms in total. The van der Waals surface area contributed by atoms with Crippen LogP contribution in [0, 0.1) is 5.82 Å². The molecule has 130 valence electrons. The lowest BCUT2D eigenvalue weighted by atomic mass is 10.1. The second kappa shape index (κ2) is 8.13. The summed E-state index contributed by atoms with van der Waals surface area (Å²) >= 11 is 11.8. The Morgan fingerprint density at radius 1 is 1.08 bits per heavy atom. The summed E-state index contributed by atoms with van der Waals surface area (Å²) in [7, 11) is 0. The number of carbonyl (C=O) groups excluding carboxylic acids is 1. The van der Waals surface area contributed by atoms with Gasteiger partial charge in [0.1, 0.15) is 5.82 Å². The molecule has 1 heterocycles. The average Bonchev–Trinajstić information content (AvgIpc) is 2.63. The first-order valence-electron chi connectivity index (χ1n) is 7.68. The molecule has 0 aliphatic carbocycles. The Labute approximate surface area is 160 Å². The second-order valence-corrected chi connectivity index (χ2v) is 6.25. The van der Waals surface area contributed by atoms with Crippen molar-refractivity contribution in [1.82, 2.24) is 4.98 Å². The molecule has 3 aromatic rings. The molecule has 0 aliphatic heterocycles. The Balaban J connectivity index is 1.68. The summed E-state index contributed by atoms with van der Waals surface area (Å²) in [5.74, 6) is -0.671. The summed E-state index contributed by atoms with van der Waals surface area (Å²) in [4.78, 5) is 16.2. The molecule has 0 saturated heterocycles. The third kappa shape index (κ3) is 4.48. The van der Waals surface area contributed by atoms with Gasteiger partial charge < -0.3 is 5.32 Å². The lowest BCUT2D eigenvalue weighted by Crippen LogP contribution is -2.08. The molecular formula is C20H13Cl2FN2O. The third-order valence-electron chi connectivity index (χ3n) is 3.55. The minimum Gasteiger partial charge on any atom is -0.321 e. The summed E-state index contributed by atoms with van der Waals surface area (Å²) in [6.07, 6.45) is 4.54. The lowest BCUT2D eigenvalue weighted by Gasteiger charge is -2.05. The Bertz CT molecular complexity index is 972. The van der Waals surface area contributed by atoms with Crippen LogP contribution in [0.5, 0.6) is 0 Å². The zero-order chi connectivity index (χ0) is 18.5. The maximum atomic E-state index is 13.8. The molecule has 2 aromatic carbocycles. The van der Waals surface area contributed by atoms with Crippen LogP contribution in [0.25, 0.3) is 17.3 Å². The highest BCUT2D eigenvalue weighted by Crippen LogP contribution is 2.25. The number of rotatable bonds is 4. The summed E-state index contributed by atoms with van der Waals surface area (Å²) < 4.78 is 13.8. The number of aromatic nitrogens is 1. The molecule has 0 spiro atoms. The molecule has 0 bridgehead atoms. The van der Waals surface area contributed by atoms with E-state index in [0.29, 0.717) is 32.6 Å². The number of pyridine rings is 1. The number of nitrogens with zero attached hydrogens (tertiary/aromatic N) is 1. The highest BCUT2D eigenvalue weighted by atomic mass is 35.5. The maximum absolute atomic E-state index is 13.8. The van der Waals surface area contributed by atoms with Crippen molar-refractivity contribution in [3.05, 3.63) is 88.3 Å². The van der Waals surface area contributed by atoms with E-state index in [-0.39, 0.29) is 11.7 Å². The van der Waals surface area contributed by atoms with Crippen molar-refractivity contribution in [3.63, 3.8) is 0 Å². The van der Waals surface area contributed by atoms with Gasteiger partial charge in [0.2, 0.25) is 5.91 Å². The smallest absolute Gasteiger partial charge is 0.248 e. The number of carbonyl (C=O) groups is 1. The number of hydrogen-bond acceptors (Lipinski definition) is 2. The molecule has 0 fully saturated rings. The predicted octanol–water partition coefficient (Wildman–Crippen LogP) is 5.85. The molecule has 0 saturated carbocycles. The molecule has 1 N–H and O–H groups in total. The van der Waals surface area contributed by atoms with Gasteiger partial charge in [-0.1, -0.05) is 41.4 Å². The van der Waals surface area contributed by atoms with Crippen LogP contribution in [0.4, 0.5) is 10.1 Å². The van der Waals surface area contributed by atoms with Gasteiger partial charge in [-0.05, 0) is 48.0 Å². The molecule has 0 aliphatic rings. The Hall–Kier alpha value is -2.69. The van der Waals surface area contributed by atoms with Crippen LogP contribution < -0.4 is 5.32 Å². The maximum Gasteiger partial charge on any atom is 0.248 e. The van der Waals surface area contributed by atoms with Crippen molar-refractivity contribution in [2.24, 2.45) is 0 Å². The van der Waals surface area contributed by atoms with E-state index in [1.54, 1.807) is 60.8 Å². The van der Waals surface area contributed by atoms with Crippen LogP contribution >= 0.6 is 23.2 Å². The first kappa shape index (κ1) is 18.1. The van der Waals surface area contributed by atoms with Gasteiger partial charge >= 0.3 is 0 Å². The lowest BCUT2D eigenvalue weighted by molar-refractivity contribution is -0.111. The van der Waals surface area contributed by atoms with Crippen molar-refractivity contribution in [2.75, 3.05) is 5.32 Å². The minimum atomic E-state index is -0.340. The molecule has 1 aromatic heterocycles. The molecule has 3 rings (SSSR count). The van der Waals surface area contributed by atoms with Gasteiger partial charge in [-0.2, -0.15) is 0 Å². The monoisotopic (exact) mass is 386 g/mol. The van der Waals surface area contributed by atoms with Crippen LogP contribution in [0.1, 0.15) is 5.56 Å². The van der Waals surface area contributed by atoms with Gasteiger partial charge in [-0.15, -0.1) is 0 Å². The molecule has 26 heavy (non-hydrogen) atoms. The fourth-order valence-corrected chi connectivity index (χ4v) is 2.73. The fraction of sp³-hybridized carbons (Fsp3) is 0. The number of benzene rings is 2. The van der Waals surface area contributed by atoms with E-state index in [0.717, 1.165) is 0 Å². The number of hydrogen-bond donors (Lipinski definition) is 1. The van der Waals surface area contributed by atoms with Gasteiger partial charge in [0, 0.05) is 22.9 Å². The van der Waals surface area contributed by atoms with E-state index in [2.05, 4.69) is 10.3 Å². The predicted molar refractivity (Wildman–Crippen MR) is 104 cm³/mol. The topological polar surface area (TPSA) is 42.0 Å². The van der Waals surface area contributed by atoms with E-state index in [4.69, 9.17) is 23.2 Å². The molecule has 0 unspecified atom stereocenters. The van der Waals surface area contributed by atoms with Gasteiger partial charge in [0.25, 0.3) is 0 Å². The average molecular weight is 387 g/mol.